The smallest absolute Gasteiger partial charge is 0.327 e. The molecule has 5 N–H and O–H groups in total. The number of primary amides is 1. The molecule has 0 heterocycles. The molecule has 1 atom stereocenters. The van der Waals surface area contributed by atoms with Gasteiger partial charge in [-0.2, -0.15) is 0 Å². The highest BCUT2D eigenvalue weighted by Crippen LogP contribution is 2.10. The number of urea groups is 1. The second-order valence-electron chi connectivity index (χ2n) is 3.84. The van der Waals surface area contributed by atoms with Crippen molar-refractivity contribution in [3.8, 4) is 12.3 Å². The number of aliphatic carboxylic acids is 1. The summed E-state index contributed by atoms with van der Waals surface area (Å²) >= 11 is 0. The van der Waals surface area contributed by atoms with Gasteiger partial charge in [-0.3, -0.25) is 4.79 Å². The first-order valence-electron chi connectivity index (χ1n) is 5.57. The Labute approximate surface area is 115 Å². The Morgan fingerprint density at radius 3 is 2.65 bits per heavy atom. The fourth-order valence-corrected chi connectivity index (χ4v) is 1.39. The largest absolute Gasteiger partial charge is 0.480 e. The maximum absolute atomic E-state index is 11.6. The van der Waals surface area contributed by atoms with E-state index in [-0.39, 0.29) is 12.0 Å². The second kappa shape index (κ2) is 6.80. The molecule has 0 aliphatic carbocycles. The van der Waals surface area contributed by atoms with E-state index in [1.807, 2.05) is 0 Å². The van der Waals surface area contributed by atoms with E-state index in [1.54, 1.807) is 0 Å². The van der Waals surface area contributed by atoms with Gasteiger partial charge >= 0.3 is 12.0 Å². The number of terminal acetylenes is 1. The minimum Gasteiger partial charge on any atom is -0.480 e. The lowest BCUT2D eigenvalue weighted by atomic mass is 10.2. The number of carboxylic acids is 1. The highest BCUT2D eigenvalue weighted by molar-refractivity contribution is 5.96. The van der Waals surface area contributed by atoms with Gasteiger partial charge in [-0.15, -0.1) is 12.3 Å². The summed E-state index contributed by atoms with van der Waals surface area (Å²) in [5, 5.41) is 13.4. The standard InChI is InChI=1S/C13H13N3O4/c1-2-4-10(12(18)19)16-13(20)15-9-6-3-5-8(7-9)11(14)17/h1,3,5-7,10H,4H2,(H2,14,17)(H,18,19)(H2,15,16,20). The van der Waals surface area contributed by atoms with Crippen LogP contribution in [0.3, 0.4) is 0 Å². The van der Waals surface area contributed by atoms with Crippen LogP contribution < -0.4 is 16.4 Å². The van der Waals surface area contributed by atoms with Crippen LogP contribution in [0.1, 0.15) is 16.8 Å². The Morgan fingerprint density at radius 2 is 2.10 bits per heavy atom. The van der Waals surface area contributed by atoms with Gasteiger partial charge in [-0.05, 0) is 18.2 Å². The number of carbonyl (C=O) groups excluding carboxylic acids is 2. The number of anilines is 1. The Balaban J connectivity index is 2.71. The summed E-state index contributed by atoms with van der Waals surface area (Å²) in [6.07, 6.45) is 4.88. The first kappa shape index (κ1) is 15.0. The van der Waals surface area contributed by atoms with Gasteiger partial charge in [-0.25, -0.2) is 9.59 Å². The maximum atomic E-state index is 11.6. The summed E-state index contributed by atoms with van der Waals surface area (Å²) in [5.41, 5.74) is 5.64. The van der Waals surface area contributed by atoms with Crippen molar-refractivity contribution in [2.45, 2.75) is 12.5 Å². The van der Waals surface area contributed by atoms with Gasteiger partial charge in [0.1, 0.15) is 6.04 Å². The molecule has 1 rings (SSSR count). The van der Waals surface area contributed by atoms with Crippen molar-refractivity contribution in [1.29, 1.82) is 0 Å². The zero-order valence-electron chi connectivity index (χ0n) is 10.4. The fourth-order valence-electron chi connectivity index (χ4n) is 1.39. The van der Waals surface area contributed by atoms with E-state index >= 15 is 0 Å². The number of carbonyl (C=O) groups is 3. The van der Waals surface area contributed by atoms with E-state index in [1.165, 1.54) is 24.3 Å². The molecule has 1 aromatic rings. The van der Waals surface area contributed by atoms with Crippen molar-refractivity contribution < 1.29 is 19.5 Å². The fraction of sp³-hybridized carbons (Fsp3) is 0.154. The van der Waals surface area contributed by atoms with Crippen LogP contribution in [0.15, 0.2) is 24.3 Å². The van der Waals surface area contributed by atoms with Crippen LogP contribution in [0.5, 0.6) is 0 Å². The van der Waals surface area contributed by atoms with Crippen LogP contribution in [0.2, 0.25) is 0 Å². The van der Waals surface area contributed by atoms with Crippen molar-refractivity contribution in [2.75, 3.05) is 5.32 Å². The Hall–Kier alpha value is -3.01. The molecule has 1 aromatic carbocycles. The van der Waals surface area contributed by atoms with E-state index in [0.717, 1.165) is 0 Å². The molecule has 7 nitrogen and oxygen atoms in total. The molecule has 0 radical (unpaired) electrons. The number of hydrogen-bond acceptors (Lipinski definition) is 3. The third-order valence-electron chi connectivity index (χ3n) is 2.33. The lowest BCUT2D eigenvalue weighted by Gasteiger charge is -2.13. The molecular weight excluding hydrogens is 262 g/mol. The highest BCUT2D eigenvalue weighted by atomic mass is 16.4. The summed E-state index contributed by atoms with van der Waals surface area (Å²) in [4.78, 5) is 33.4. The molecule has 0 saturated carbocycles. The topological polar surface area (TPSA) is 122 Å². The predicted molar refractivity (Wildman–Crippen MR) is 72.0 cm³/mol. The van der Waals surface area contributed by atoms with Gasteiger partial charge in [0.05, 0.1) is 0 Å². The van der Waals surface area contributed by atoms with Crippen molar-refractivity contribution in [3.63, 3.8) is 0 Å². The summed E-state index contributed by atoms with van der Waals surface area (Å²) in [6.45, 7) is 0. The van der Waals surface area contributed by atoms with E-state index in [2.05, 4.69) is 16.6 Å². The molecule has 0 aliphatic rings. The van der Waals surface area contributed by atoms with Gasteiger partial charge in [-0.1, -0.05) is 6.07 Å². The van der Waals surface area contributed by atoms with Crippen molar-refractivity contribution in [1.82, 2.24) is 5.32 Å². The molecule has 0 spiro atoms. The first-order valence-corrected chi connectivity index (χ1v) is 5.57. The Morgan fingerprint density at radius 1 is 1.40 bits per heavy atom. The highest BCUT2D eigenvalue weighted by Gasteiger charge is 2.18. The molecule has 0 fully saturated rings. The maximum Gasteiger partial charge on any atom is 0.327 e. The number of nitrogens with one attached hydrogen (secondary N) is 2. The molecule has 20 heavy (non-hydrogen) atoms. The van der Waals surface area contributed by atoms with Crippen molar-refractivity contribution in [2.24, 2.45) is 5.73 Å². The number of rotatable bonds is 5. The zero-order valence-corrected chi connectivity index (χ0v) is 10.4. The molecule has 3 amide bonds. The molecule has 0 saturated heterocycles. The molecule has 0 bridgehead atoms. The van der Waals surface area contributed by atoms with Crippen LogP contribution in [0, 0.1) is 12.3 Å². The third kappa shape index (κ3) is 4.34. The number of nitrogens with two attached hydrogens (primary N) is 1. The number of amides is 3. The molecular formula is C13H13N3O4. The van der Waals surface area contributed by atoms with Crippen LogP contribution >= 0.6 is 0 Å². The van der Waals surface area contributed by atoms with Crippen molar-refractivity contribution >= 4 is 23.6 Å². The molecule has 104 valence electrons. The Bertz CT molecular complexity index is 577. The first-order chi connectivity index (χ1) is 9.43. The van der Waals surface area contributed by atoms with Gasteiger partial charge in [0.25, 0.3) is 0 Å². The third-order valence-corrected chi connectivity index (χ3v) is 2.33. The number of hydrogen-bond donors (Lipinski definition) is 4. The van der Waals surface area contributed by atoms with E-state index in [0.29, 0.717) is 5.69 Å². The van der Waals surface area contributed by atoms with E-state index in [4.69, 9.17) is 17.3 Å². The average molecular weight is 275 g/mol. The van der Waals surface area contributed by atoms with Crippen LogP contribution in [0.25, 0.3) is 0 Å². The lowest BCUT2D eigenvalue weighted by molar-refractivity contribution is -0.139. The van der Waals surface area contributed by atoms with Gasteiger partial charge in [0, 0.05) is 17.7 Å². The Kier molecular flexibility index (Phi) is 5.12. The molecule has 1 unspecified atom stereocenters. The summed E-state index contributed by atoms with van der Waals surface area (Å²) in [7, 11) is 0. The molecule has 0 aromatic heterocycles. The zero-order chi connectivity index (χ0) is 15.1. The van der Waals surface area contributed by atoms with E-state index < -0.39 is 23.9 Å². The summed E-state index contributed by atoms with van der Waals surface area (Å²) in [6, 6.07) is 4.01. The van der Waals surface area contributed by atoms with Crippen LogP contribution in [-0.4, -0.2) is 29.1 Å². The SMILES string of the molecule is C#CCC(NC(=O)Nc1cccc(C(N)=O)c1)C(=O)O. The normalized spacial score (nSPS) is 10.9. The average Bonchev–Trinajstić information content (AvgIpc) is 2.38. The van der Waals surface area contributed by atoms with E-state index in [9.17, 15) is 14.4 Å². The van der Waals surface area contributed by atoms with Gasteiger partial charge < -0.3 is 21.5 Å². The predicted octanol–water partition coefficient (Wildman–Crippen LogP) is 0.383. The second-order valence-corrected chi connectivity index (χ2v) is 3.84. The minimum absolute atomic E-state index is 0.135. The van der Waals surface area contributed by atoms with Crippen LogP contribution in [-0.2, 0) is 4.79 Å². The molecule has 0 aliphatic heterocycles. The monoisotopic (exact) mass is 275 g/mol. The molecule has 7 heteroatoms. The number of benzene rings is 1. The summed E-state index contributed by atoms with van der Waals surface area (Å²) < 4.78 is 0. The summed E-state index contributed by atoms with van der Waals surface area (Å²) in [5.74, 6) is 0.291. The lowest BCUT2D eigenvalue weighted by Crippen LogP contribution is -2.42. The van der Waals surface area contributed by atoms with Gasteiger partial charge in [0.15, 0.2) is 0 Å². The van der Waals surface area contributed by atoms with Crippen LogP contribution in [0.4, 0.5) is 10.5 Å². The number of carboxylic acid groups (broad SMARTS) is 1. The minimum atomic E-state index is -1.23. The van der Waals surface area contributed by atoms with Crippen molar-refractivity contribution in [3.05, 3.63) is 29.8 Å². The van der Waals surface area contributed by atoms with Gasteiger partial charge in [0.2, 0.25) is 5.91 Å². The quantitative estimate of drug-likeness (QED) is 0.580.